The predicted octanol–water partition coefficient (Wildman–Crippen LogP) is 2.82. The molecule has 0 spiro atoms. The third kappa shape index (κ3) is 6.62. The van der Waals surface area contributed by atoms with Crippen molar-refractivity contribution in [3.8, 4) is 0 Å². The Bertz CT molecular complexity index is 264. The first-order chi connectivity index (χ1) is 8.42. The van der Waals surface area contributed by atoms with Gasteiger partial charge in [0.25, 0.3) is 0 Å². The van der Waals surface area contributed by atoms with Gasteiger partial charge in [0.05, 0.1) is 0 Å². The van der Waals surface area contributed by atoms with Gasteiger partial charge in [-0.25, -0.2) is 4.79 Å². The van der Waals surface area contributed by atoms with E-state index in [1.807, 2.05) is 6.92 Å². The molecular weight excluding hydrogens is 230 g/mol. The van der Waals surface area contributed by atoms with Crippen LogP contribution in [-0.4, -0.2) is 23.0 Å². The Morgan fingerprint density at radius 1 is 1.22 bits per heavy atom. The number of carbonyl (C=O) groups excluding carboxylic acids is 1. The summed E-state index contributed by atoms with van der Waals surface area (Å²) >= 11 is 0. The van der Waals surface area contributed by atoms with Gasteiger partial charge in [0.1, 0.15) is 6.04 Å². The van der Waals surface area contributed by atoms with Crippen molar-refractivity contribution in [1.82, 2.24) is 5.32 Å². The van der Waals surface area contributed by atoms with E-state index in [1.165, 1.54) is 0 Å². The predicted molar refractivity (Wildman–Crippen MR) is 72.3 cm³/mol. The van der Waals surface area contributed by atoms with Crippen LogP contribution in [0, 0.1) is 11.8 Å². The third-order valence-electron chi connectivity index (χ3n) is 3.39. The van der Waals surface area contributed by atoms with Gasteiger partial charge in [0.15, 0.2) is 0 Å². The first-order valence-corrected chi connectivity index (χ1v) is 6.94. The molecule has 0 saturated carbocycles. The minimum Gasteiger partial charge on any atom is -0.480 e. The number of carboxylic acids is 1. The van der Waals surface area contributed by atoms with Crippen LogP contribution in [0.5, 0.6) is 0 Å². The van der Waals surface area contributed by atoms with Crippen molar-refractivity contribution in [2.24, 2.45) is 11.8 Å². The highest BCUT2D eigenvalue weighted by molar-refractivity contribution is 5.83. The summed E-state index contributed by atoms with van der Waals surface area (Å²) in [5.74, 6) is -0.307. The maximum absolute atomic E-state index is 11.8. The second-order valence-corrected chi connectivity index (χ2v) is 5.22. The minimum absolute atomic E-state index is 0.140. The Morgan fingerprint density at radius 3 is 2.22 bits per heavy atom. The second-order valence-electron chi connectivity index (χ2n) is 5.22. The normalized spacial score (nSPS) is 14.3. The van der Waals surface area contributed by atoms with Gasteiger partial charge in [0.2, 0.25) is 5.91 Å². The Balaban J connectivity index is 4.28. The van der Waals surface area contributed by atoms with Gasteiger partial charge >= 0.3 is 5.97 Å². The lowest BCUT2D eigenvalue weighted by Gasteiger charge is -2.20. The van der Waals surface area contributed by atoms with E-state index >= 15 is 0 Å². The highest BCUT2D eigenvalue weighted by Crippen LogP contribution is 2.18. The summed E-state index contributed by atoms with van der Waals surface area (Å²) in [6, 6.07) is -0.734. The molecule has 0 heterocycles. The minimum atomic E-state index is -0.936. The molecule has 0 saturated heterocycles. The number of hydrogen-bond acceptors (Lipinski definition) is 2. The van der Waals surface area contributed by atoms with Crippen LogP contribution in [0.3, 0.4) is 0 Å². The number of carbonyl (C=O) groups is 2. The molecule has 0 rings (SSSR count). The van der Waals surface area contributed by atoms with Crippen LogP contribution in [0.4, 0.5) is 0 Å². The molecule has 18 heavy (non-hydrogen) atoms. The lowest BCUT2D eigenvalue weighted by atomic mass is 9.90. The lowest BCUT2D eigenvalue weighted by Crippen LogP contribution is -2.41. The van der Waals surface area contributed by atoms with Crippen molar-refractivity contribution in [2.45, 2.75) is 65.8 Å². The largest absolute Gasteiger partial charge is 0.480 e. The molecule has 2 N–H and O–H groups in total. The molecule has 0 fully saturated rings. The molecule has 0 aliphatic heterocycles. The van der Waals surface area contributed by atoms with Gasteiger partial charge in [-0.1, -0.05) is 47.0 Å². The molecule has 0 aliphatic carbocycles. The molecule has 0 aromatic carbocycles. The summed E-state index contributed by atoms with van der Waals surface area (Å²) < 4.78 is 0. The monoisotopic (exact) mass is 257 g/mol. The molecular formula is C14H27NO3. The van der Waals surface area contributed by atoms with Crippen LogP contribution >= 0.6 is 0 Å². The Kier molecular flexibility index (Phi) is 8.42. The molecule has 0 aliphatic rings. The number of rotatable bonds is 9. The van der Waals surface area contributed by atoms with Gasteiger partial charge in [-0.15, -0.1) is 0 Å². The number of unbranched alkanes of at least 4 members (excludes halogenated alkanes) is 1. The van der Waals surface area contributed by atoms with E-state index in [0.717, 1.165) is 19.3 Å². The highest BCUT2D eigenvalue weighted by atomic mass is 16.4. The van der Waals surface area contributed by atoms with Crippen LogP contribution in [0.1, 0.15) is 59.8 Å². The van der Waals surface area contributed by atoms with Crippen LogP contribution in [0.15, 0.2) is 0 Å². The lowest BCUT2D eigenvalue weighted by molar-refractivity contribution is -0.142. The summed E-state index contributed by atoms with van der Waals surface area (Å²) in [4.78, 5) is 22.8. The van der Waals surface area contributed by atoms with E-state index in [9.17, 15) is 9.59 Å². The molecule has 2 atom stereocenters. The fourth-order valence-corrected chi connectivity index (χ4v) is 2.01. The SMILES string of the molecule is CCCCC(NC(=O)CC(CC)C(C)C)C(=O)O. The van der Waals surface area contributed by atoms with E-state index in [-0.39, 0.29) is 5.91 Å². The first-order valence-electron chi connectivity index (χ1n) is 6.94. The molecule has 0 radical (unpaired) electrons. The summed E-state index contributed by atoms with van der Waals surface area (Å²) in [7, 11) is 0. The standard InChI is InChI=1S/C14H27NO3/c1-5-7-8-12(14(17)18)15-13(16)9-11(6-2)10(3)4/h10-12H,5-9H2,1-4H3,(H,15,16)(H,17,18). The van der Waals surface area contributed by atoms with Crippen molar-refractivity contribution < 1.29 is 14.7 Å². The quantitative estimate of drug-likeness (QED) is 0.667. The summed E-state index contributed by atoms with van der Waals surface area (Å²) in [6.07, 6.45) is 3.62. The Morgan fingerprint density at radius 2 is 1.83 bits per heavy atom. The van der Waals surface area contributed by atoms with E-state index in [2.05, 4.69) is 26.1 Å². The summed E-state index contributed by atoms with van der Waals surface area (Å²) in [5.41, 5.74) is 0. The average Bonchev–Trinajstić information content (AvgIpc) is 2.30. The maximum atomic E-state index is 11.8. The number of carboxylic acid groups (broad SMARTS) is 1. The number of hydrogen-bond donors (Lipinski definition) is 2. The maximum Gasteiger partial charge on any atom is 0.326 e. The van der Waals surface area contributed by atoms with Gasteiger partial charge in [-0.3, -0.25) is 4.79 Å². The van der Waals surface area contributed by atoms with Crippen molar-refractivity contribution in [1.29, 1.82) is 0 Å². The molecule has 1 amide bonds. The Hall–Kier alpha value is -1.06. The van der Waals surface area contributed by atoms with E-state index < -0.39 is 12.0 Å². The Labute approximate surface area is 110 Å². The van der Waals surface area contributed by atoms with Gasteiger partial charge in [-0.2, -0.15) is 0 Å². The number of aliphatic carboxylic acids is 1. The molecule has 0 bridgehead atoms. The molecule has 4 nitrogen and oxygen atoms in total. The number of amides is 1. The molecule has 0 aromatic heterocycles. The zero-order valence-corrected chi connectivity index (χ0v) is 12.0. The topological polar surface area (TPSA) is 66.4 Å². The third-order valence-corrected chi connectivity index (χ3v) is 3.39. The van der Waals surface area contributed by atoms with Crippen molar-refractivity contribution in [3.63, 3.8) is 0 Å². The van der Waals surface area contributed by atoms with Crippen LogP contribution < -0.4 is 5.32 Å². The zero-order chi connectivity index (χ0) is 14.1. The smallest absolute Gasteiger partial charge is 0.326 e. The van der Waals surface area contributed by atoms with E-state index in [4.69, 9.17) is 5.11 Å². The fraction of sp³-hybridized carbons (Fsp3) is 0.857. The van der Waals surface area contributed by atoms with Crippen LogP contribution in [0.2, 0.25) is 0 Å². The molecule has 106 valence electrons. The second kappa shape index (κ2) is 8.95. The first kappa shape index (κ1) is 16.9. The van der Waals surface area contributed by atoms with Crippen molar-refractivity contribution >= 4 is 11.9 Å². The molecule has 2 unspecified atom stereocenters. The van der Waals surface area contributed by atoms with Crippen LogP contribution in [-0.2, 0) is 9.59 Å². The highest BCUT2D eigenvalue weighted by Gasteiger charge is 2.21. The fourth-order valence-electron chi connectivity index (χ4n) is 2.01. The van der Waals surface area contributed by atoms with Gasteiger partial charge in [-0.05, 0) is 18.3 Å². The van der Waals surface area contributed by atoms with Crippen molar-refractivity contribution in [3.05, 3.63) is 0 Å². The molecule has 4 heteroatoms. The van der Waals surface area contributed by atoms with E-state index in [0.29, 0.717) is 24.7 Å². The van der Waals surface area contributed by atoms with Crippen molar-refractivity contribution in [2.75, 3.05) is 0 Å². The van der Waals surface area contributed by atoms with Gasteiger partial charge in [0, 0.05) is 6.42 Å². The number of nitrogens with one attached hydrogen (secondary N) is 1. The molecule has 0 aromatic rings. The average molecular weight is 257 g/mol. The summed E-state index contributed by atoms with van der Waals surface area (Å²) in [5, 5.41) is 11.7. The zero-order valence-electron chi connectivity index (χ0n) is 12.0. The summed E-state index contributed by atoms with van der Waals surface area (Å²) in [6.45, 7) is 8.25. The van der Waals surface area contributed by atoms with Gasteiger partial charge < -0.3 is 10.4 Å². The van der Waals surface area contributed by atoms with E-state index in [1.54, 1.807) is 0 Å². The van der Waals surface area contributed by atoms with Crippen LogP contribution in [0.25, 0.3) is 0 Å².